The molecule has 0 aliphatic carbocycles. The number of nitrogens with one attached hydrogen (secondary N) is 1. The summed E-state index contributed by atoms with van der Waals surface area (Å²) in [6.07, 6.45) is 11.1. The van der Waals surface area contributed by atoms with Crippen molar-refractivity contribution in [2.24, 2.45) is 0 Å². The van der Waals surface area contributed by atoms with Gasteiger partial charge in [-0.2, -0.15) is 0 Å². The van der Waals surface area contributed by atoms with Crippen LogP contribution >= 0.6 is 0 Å². The van der Waals surface area contributed by atoms with Gasteiger partial charge in [-0.05, 0) is 25.8 Å². The number of amides is 1. The van der Waals surface area contributed by atoms with Gasteiger partial charge in [0.2, 0.25) is 5.91 Å². The lowest BCUT2D eigenvalue weighted by Gasteiger charge is -1.96. The number of unbranched alkanes of at least 4 members (excludes halogenated alkanes) is 5. The third-order valence-corrected chi connectivity index (χ3v) is 2.09. The molecule has 0 spiro atoms. The van der Waals surface area contributed by atoms with Gasteiger partial charge in [-0.1, -0.05) is 38.7 Å². The maximum atomic E-state index is 11.0. The molecule has 0 aliphatic heterocycles. The summed E-state index contributed by atoms with van der Waals surface area (Å²) in [7, 11) is 0. The van der Waals surface area contributed by atoms with Crippen LogP contribution in [0.5, 0.6) is 0 Å². The molecule has 0 bridgehead atoms. The Hall–Kier alpha value is -0.790. The highest BCUT2D eigenvalue weighted by atomic mass is 16.1. The lowest BCUT2D eigenvalue weighted by Crippen LogP contribution is -2.19. The van der Waals surface area contributed by atoms with Crippen LogP contribution in [0.1, 0.15) is 52.4 Å². The number of likely N-dealkylation sites (N-methyl/N-ethyl adjacent to an activating group) is 1. The van der Waals surface area contributed by atoms with Crippen LogP contribution in [-0.2, 0) is 4.79 Å². The molecular weight excluding hydrogens is 174 g/mol. The van der Waals surface area contributed by atoms with E-state index in [4.69, 9.17) is 0 Å². The Balaban J connectivity index is 3.22. The molecule has 0 aliphatic rings. The summed E-state index contributed by atoms with van der Waals surface area (Å²) in [5.41, 5.74) is 0. The first kappa shape index (κ1) is 13.2. The molecule has 0 saturated carbocycles. The van der Waals surface area contributed by atoms with Crippen molar-refractivity contribution in [2.75, 3.05) is 6.54 Å². The standard InChI is InChI=1S/C12H23NO/c1-3-5-6-7-8-9-10-11-12(14)13-4-2/h10-11H,3-9H2,1-2H3,(H,13,14). The Bertz CT molecular complexity index is 164. The van der Waals surface area contributed by atoms with E-state index in [9.17, 15) is 4.79 Å². The zero-order valence-electron chi connectivity index (χ0n) is 9.51. The van der Waals surface area contributed by atoms with E-state index in [0.29, 0.717) is 6.54 Å². The van der Waals surface area contributed by atoms with E-state index < -0.39 is 0 Å². The molecule has 0 rings (SSSR count). The number of carbonyl (C=O) groups is 1. The Labute approximate surface area is 87.8 Å². The van der Waals surface area contributed by atoms with Gasteiger partial charge in [-0.3, -0.25) is 4.79 Å². The first-order chi connectivity index (χ1) is 6.81. The van der Waals surface area contributed by atoms with Crippen molar-refractivity contribution in [3.05, 3.63) is 12.2 Å². The summed E-state index contributed by atoms with van der Waals surface area (Å²) < 4.78 is 0. The molecule has 82 valence electrons. The maximum absolute atomic E-state index is 11.0. The van der Waals surface area contributed by atoms with Gasteiger partial charge in [0.15, 0.2) is 0 Å². The smallest absolute Gasteiger partial charge is 0.243 e. The molecule has 0 aromatic carbocycles. The summed E-state index contributed by atoms with van der Waals surface area (Å²) in [6.45, 7) is 4.85. The first-order valence-electron chi connectivity index (χ1n) is 5.75. The van der Waals surface area contributed by atoms with Gasteiger partial charge in [0, 0.05) is 6.54 Å². The predicted molar refractivity (Wildman–Crippen MR) is 61.2 cm³/mol. The minimum absolute atomic E-state index is 0.0288. The van der Waals surface area contributed by atoms with Crippen LogP contribution in [0.4, 0.5) is 0 Å². The Morgan fingerprint density at radius 1 is 1.14 bits per heavy atom. The highest BCUT2D eigenvalue weighted by Crippen LogP contribution is 2.04. The van der Waals surface area contributed by atoms with Gasteiger partial charge in [0.1, 0.15) is 0 Å². The van der Waals surface area contributed by atoms with Crippen LogP contribution in [-0.4, -0.2) is 12.5 Å². The second-order valence-electron chi connectivity index (χ2n) is 3.50. The molecule has 1 N–H and O–H groups in total. The number of rotatable bonds is 8. The minimum atomic E-state index is 0.0288. The SMILES string of the molecule is CCCCCCCC=CC(=O)NCC. The molecule has 14 heavy (non-hydrogen) atoms. The summed E-state index contributed by atoms with van der Waals surface area (Å²) in [4.78, 5) is 11.0. The topological polar surface area (TPSA) is 29.1 Å². The van der Waals surface area contributed by atoms with E-state index in [1.165, 1.54) is 32.1 Å². The van der Waals surface area contributed by atoms with E-state index in [1.54, 1.807) is 6.08 Å². The second-order valence-corrected chi connectivity index (χ2v) is 3.50. The molecular formula is C12H23NO. The van der Waals surface area contributed by atoms with Crippen LogP contribution < -0.4 is 5.32 Å². The molecule has 1 amide bonds. The molecule has 0 fully saturated rings. The van der Waals surface area contributed by atoms with Gasteiger partial charge >= 0.3 is 0 Å². The number of hydrogen-bond donors (Lipinski definition) is 1. The fraction of sp³-hybridized carbons (Fsp3) is 0.750. The molecule has 2 heteroatoms. The third-order valence-electron chi connectivity index (χ3n) is 2.09. The average Bonchev–Trinajstić information content (AvgIpc) is 2.17. The summed E-state index contributed by atoms with van der Waals surface area (Å²) in [6, 6.07) is 0. The Morgan fingerprint density at radius 3 is 2.50 bits per heavy atom. The van der Waals surface area contributed by atoms with Crippen molar-refractivity contribution in [3.63, 3.8) is 0 Å². The minimum Gasteiger partial charge on any atom is -0.353 e. The molecule has 0 atom stereocenters. The van der Waals surface area contributed by atoms with Crippen LogP contribution in [0.15, 0.2) is 12.2 Å². The zero-order chi connectivity index (χ0) is 10.6. The fourth-order valence-corrected chi connectivity index (χ4v) is 1.29. The summed E-state index contributed by atoms with van der Waals surface area (Å²) >= 11 is 0. The van der Waals surface area contributed by atoms with E-state index in [1.807, 2.05) is 13.0 Å². The lowest BCUT2D eigenvalue weighted by atomic mass is 10.1. The first-order valence-corrected chi connectivity index (χ1v) is 5.75. The molecule has 0 saturated heterocycles. The van der Waals surface area contributed by atoms with Gasteiger partial charge in [0.05, 0.1) is 0 Å². The van der Waals surface area contributed by atoms with Crippen LogP contribution in [0.25, 0.3) is 0 Å². The van der Waals surface area contributed by atoms with Gasteiger partial charge in [-0.25, -0.2) is 0 Å². The Kier molecular flexibility index (Phi) is 9.71. The fourth-order valence-electron chi connectivity index (χ4n) is 1.29. The van der Waals surface area contributed by atoms with Gasteiger partial charge < -0.3 is 5.32 Å². The largest absolute Gasteiger partial charge is 0.353 e. The normalized spacial score (nSPS) is 10.7. The predicted octanol–water partition coefficient (Wildman–Crippen LogP) is 3.04. The number of allylic oxidation sites excluding steroid dienone is 1. The molecule has 0 unspecified atom stereocenters. The van der Waals surface area contributed by atoms with E-state index in [-0.39, 0.29) is 5.91 Å². The maximum Gasteiger partial charge on any atom is 0.243 e. The van der Waals surface area contributed by atoms with E-state index in [2.05, 4.69) is 12.2 Å². The molecule has 0 aromatic heterocycles. The van der Waals surface area contributed by atoms with Crippen molar-refractivity contribution in [1.82, 2.24) is 5.32 Å². The molecule has 0 heterocycles. The molecule has 2 nitrogen and oxygen atoms in total. The van der Waals surface area contributed by atoms with Gasteiger partial charge in [0.25, 0.3) is 0 Å². The molecule has 0 radical (unpaired) electrons. The zero-order valence-corrected chi connectivity index (χ0v) is 9.51. The van der Waals surface area contributed by atoms with Crippen molar-refractivity contribution in [3.8, 4) is 0 Å². The highest BCUT2D eigenvalue weighted by molar-refractivity contribution is 5.87. The lowest BCUT2D eigenvalue weighted by molar-refractivity contribution is -0.116. The quantitative estimate of drug-likeness (QED) is 0.470. The van der Waals surface area contributed by atoms with Crippen molar-refractivity contribution in [2.45, 2.75) is 52.4 Å². The van der Waals surface area contributed by atoms with Crippen LogP contribution in [0.2, 0.25) is 0 Å². The summed E-state index contributed by atoms with van der Waals surface area (Å²) in [5, 5.41) is 2.73. The van der Waals surface area contributed by atoms with Crippen LogP contribution in [0.3, 0.4) is 0 Å². The van der Waals surface area contributed by atoms with E-state index in [0.717, 1.165) is 6.42 Å². The third kappa shape index (κ3) is 9.30. The van der Waals surface area contributed by atoms with Crippen molar-refractivity contribution < 1.29 is 4.79 Å². The Morgan fingerprint density at radius 2 is 1.86 bits per heavy atom. The molecule has 0 aromatic rings. The van der Waals surface area contributed by atoms with Crippen molar-refractivity contribution >= 4 is 5.91 Å². The van der Waals surface area contributed by atoms with Crippen LogP contribution in [0, 0.1) is 0 Å². The average molecular weight is 197 g/mol. The van der Waals surface area contributed by atoms with E-state index >= 15 is 0 Å². The highest BCUT2D eigenvalue weighted by Gasteiger charge is 1.90. The summed E-state index contributed by atoms with van der Waals surface area (Å²) in [5.74, 6) is 0.0288. The second kappa shape index (κ2) is 10.3. The number of hydrogen-bond acceptors (Lipinski definition) is 1. The van der Waals surface area contributed by atoms with Crippen molar-refractivity contribution in [1.29, 1.82) is 0 Å². The van der Waals surface area contributed by atoms with Gasteiger partial charge in [-0.15, -0.1) is 0 Å². The monoisotopic (exact) mass is 197 g/mol. The number of carbonyl (C=O) groups excluding carboxylic acids is 1.